The topological polar surface area (TPSA) is 72.9 Å². The summed E-state index contributed by atoms with van der Waals surface area (Å²) in [5, 5.41) is 10.4. The largest absolute Gasteiger partial charge is 0.497 e. The van der Waals surface area contributed by atoms with Crippen LogP contribution in [0.3, 0.4) is 0 Å². The van der Waals surface area contributed by atoms with Crippen molar-refractivity contribution >= 4 is 0 Å². The van der Waals surface area contributed by atoms with Gasteiger partial charge in [-0.15, -0.1) is 0 Å². The smallest absolute Gasteiger partial charge is 0.161 e. The fourth-order valence-electron chi connectivity index (χ4n) is 3.71. The van der Waals surface area contributed by atoms with Crippen LogP contribution in [-0.2, 0) is 11.3 Å². The van der Waals surface area contributed by atoms with E-state index in [0.29, 0.717) is 31.2 Å². The van der Waals surface area contributed by atoms with E-state index in [1.807, 2.05) is 48.3 Å². The third-order valence-corrected chi connectivity index (χ3v) is 5.46. The molecule has 1 heterocycles. The summed E-state index contributed by atoms with van der Waals surface area (Å²) < 4.78 is 27.8. The number of rotatable bonds is 13. The van der Waals surface area contributed by atoms with Gasteiger partial charge < -0.3 is 28.8 Å². The van der Waals surface area contributed by atoms with Gasteiger partial charge in [-0.05, 0) is 36.9 Å². The number of ether oxygens (including phenoxy) is 5. The fourth-order valence-corrected chi connectivity index (χ4v) is 3.71. The lowest BCUT2D eigenvalue weighted by molar-refractivity contribution is 0.0321. The average molecular weight is 461 g/mol. The third kappa shape index (κ3) is 8.40. The monoisotopic (exact) mass is 460 g/mol. The number of hydrogen-bond donors (Lipinski definition) is 1. The van der Waals surface area contributed by atoms with Gasteiger partial charge in [0, 0.05) is 38.8 Å². The maximum atomic E-state index is 10.4. The van der Waals surface area contributed by atoms with Gasteiger partial charge in [0.2, 0.25) is 0 Å². The second-order valence-electron chi connectivity index (χ2n) is 8.13. The molecular formula is C25H36N2O6. The van der Waals surface area contributed by atoms with E-state index in [1.165, 1.54) is 0 Å². The van der Waals surface area contributed by atoms with Crippen LogP contribution in [0.5, 0.6) is 23.0 Å². The SMILES string of the molecule is COc1cccc(OCC(O)CN(C)Cc2ccc(OCCN3CCOCC3)c(OC)c2)c1. The lowest BCUT2D eigenvalue weighted by atomic mass is 10.2. The van der Waals surface area contributed by atoms with Crippen molar-refractivity contribution in [3.8, 4) is 23.0 Å². The van der Waals surface area contributed by atoms with Crippen LogP contribution in [0, 0.1) is 0 Å². The highest BCUT2D eigenvalue weighted by molar-refractivity contribution is 5.43. The standard InChI is InChI=1S/C25H36N2O6/c1-26(18-21(28)19-33-23-6-4-5-22(16-23)29-2)17-20-7-8-24(25(15-20)30-3)32-14-11-27-9-12-31-13-10-27/h4-8,15-16,21,28H,9-14,17-19H2,1-3H3. The summed E-state index contributed by atoms with van der Waals surface area (Å²) >= 11 is 0. The molecule has 0 amide bonds. The molecule has 1 aliphatic heterocycles. The Balaban J connectivity index is 1.43. The van der Waals surface area contributed by atoms with Crippen LogP contribution in [0.2, 0.25) is 0 Å². The van der Waals surface area contributed by atoms with Gasteiger partial charge in [0.05, 0.1) is 27.4 Å². The highest BCUT2D eigenvalue weighted by Gasteiger charge is 2.13. The minimum atomic E-state index is -0.620. The Morgan fingerprint density at radius 2 is 1.79 bits per heavy atom. The minimum absolute atomic E-state index is 0.205. The van der Waals surface area contributed by atoms with Crippen molar-refractivity contribution in [1.29, 1.82) is 0 Å². The molecule has 33 heavy (non-hydrogen) atoms. The van der Waals surface area contributed by atoms with Crippen LogP contribution in [-0.4, -0.2) is 94.9 Å². The molecule has 0 radical (unpaired) electrons. The lowest BCUT2D eigenvalue weighted by Crippen LogP contribution is -2.38. The van der Waals surface area contributed by atoms with Gasteiger partial charge in [-0.1, -0.05) is 12.1 Å². The molecule has 182 valence electrons. The first-order valence-electron chi connectivity index (χ1n) is 11.3. The third-order valence-electron chi connectivity index (χ3n) is 5.46. The molecule has 0 aromatic heterocycles. The Kier molecular flexibility index (Phi) is 10.1. The van der Waals surface area contributed by atoms with Crippen molar-refractivity contribution in [3.05, 3.63) is 48.0 Å². The molecule has 1 unspecified atom stereocenters. The number of aliphatic hydroxyl groups is 1. The minimum Gasteiger partial charge on any atom is -0.497 e. The summed E-state index contributed by atoms with van der Waals surface area (Å²) in [6.07, 6.45) is -0.620. The zero-order valence-corrected chi connectivity index (χ0v) is 19.9. The Morgan fingerprint density at radius 1 is 1.00 bits per heavy atom. The van der Waals surface area contributed by atoms with Crippen LogP contribution in [0.4, 0.5) is 0 Å². The van der Waals surface area contributed by atoms with Crippen LogP contribution < -0.4 is 18.9 Å². The molecule has 1 saturated heterocycles. The first-order chi connectivity index (χ1) is 16.1. The number of morpholine rings is 1. The van der Waals surface area contributed by atoms with Crippen LogP contribution in [0.25, 0.3) is 0 Å². The Labute approximate surface area is 196 Å². The maximum Gasteiger partial charge on any atom is 0.161 e. The second kappa shape index (κ2) is 13.3. The van der Waals surface area contributed by atoms with E-state index in [2.05, 4.69) is 4.90 Å². The molecular weight excluding hydrogens is 424 g/mol. The van der Waals surface area contributed by atoms with Crippen LogP contribution in [0.1, 0.15) is 5.56 Å². The molecule has 8 heteroatoms. The van der Waals surface area contributed by atoms with Crippen LogP contribution in [0.15, 0.2) is 42.5 Å². The number of aliphatic hydroxyl groups excluding tert-OH is 1. The van der Waals surface area contributed by atoms with Gasteiger partial charge in [0.1, 0.15) is 30.8 Å². The summed E-state index contributed by atoms with van der Waals surface area (Å²) in [5.41, 5.74) is 1.08. The highest BCUT2D eigenvalue weighted by Crippen LogP contribution is 2.28. The van der Waals surface area contributed by atoms with E-state index < -0.39 is 6.10 Å². The molecule has 8 nitrogen and oxygen atoms in total. The van der Waals surface area contributed by atoms with E-state index in [1.54, 1.807) is 20.3 Å². The number of hydrogen-bond acceptors (Lipinski definition) is 8. The van der Waals surface area contributed by atoms with Gasteiger partial charge in [-0.25, -0.2) is 0 Å². The molecule has 0 aliphatic carbocycles. The summed E-state index contributed by atoms with van der Waals surface area (Å²) in [5.74, 6) is 2.85. The Morgan fingerprint density at radius 3 is 2.55 bits per heavy atom. The number of likely N-dealkylation sites (N-methyl/N-ethyl adjacent to an activating group) is 1. The van der Waals surface area contributed by atoms with Crippen molar-refractivity contribution < 1.29 is 28.8 Å². The van der Waals surface area contributed by atoms with Gasteiger partial charge in [0.25, 0.3) is 0 Å². The number of methoxy groups -OCH3 is 2. The number of benzene rings is 2. The summed E-state index contributed by atoms with van der Waals surface area (Å²) in [6.45, 7) is 6.29. The highest BCUT2D eigenvalue weighted by atomic mass is 16.5. The van der Waals surface area contributed by atoms with E-state index in [-0.39, 0.29) is 6.61 Å². The average Bonchev–Trinajstić information content (AvgIpc) is 2.84. The molecule has 1 atom stereocenters. The Hall–Kier alpha value is -2.52. The second-order valence-corrected chi connectivity index (χ2v) is 8.13. The van der Waals surface area contributed by atoms with Crippen LogP contribution >= 0.6 is 0 Å². The first-order valence-corrected chi connectivity index (χ1v) is 11.3. The van der Waals surface area contributed by atoms with Crippen molar-refractivity contribution in [2.75, 3.05) is 73.9 Å². The zero-order valence-electron chi connectivity index (χ0n) is 19.9. The quantitative estimate of drug-likeness (QED) is 0.488. The normalized spacial score (nSPS) is 15.3. The molecule has 3 rings (SSSR count). The van der Waals surface area contributed by atoms with Crippen molar-refractivity contribution in [3.63, 3.8) is 0 Å². The van der Waals surface area contributed by atoms with Crippen molar-refractivity contribution in [1.82, 2.24) is 9.80 Å². The fraction of sp³-hybridized carbons (Fsp3) is 0.520. The molecule has 1 aliphatic rings. The lowest BCUT2D eigenvalue weighted by Gasteiger charge is -2.26. The maximum absolute atomic E-state index is 10.4. The van der Waals surface area contributed by atoms with E-state index in [0.717, 1.165) is 49.9 Å². The van der Waals surface area contributed by atoms with Crippen molar-refractivity contribution in [2.24, 2.45) is 0 Å². The number of nitrogens with zero attached hydrogens (tertiary/aromatic N) is 2. The molecule has 1 fully saturated rings. The molecule has 0 saturated carbocycles. The molecule has 0 spiro atoms. The molecule has 2 aromatic carbocycles. The summed E-state index contributed by atoms with van der Waals surface area (Å²) in [7, 11) is 5.23. The Bertz CT molecular complexity index is 843. The predicted octanol–water partition coefficient (Wildman–Crippen LogP) is 2.29. The van der Waals surface area contributed by atoms with E-state index in [9.17, 15) is 5.11 Å². The summed E-state index contributed by atoms with van der Waals surface area (Å²) in [6, 6.07) is 13.3. The molecule has 0 bridgehead atoms. The van der Waals surface area contributed by atoms with Gasteiger partial charge >= 0.3 is 0 Å². The van der Waals surface area contributed by atoms with Gasteiger partial charge in [-0.3, -0.25) is 9.80 Å². The van der Waals surface area contributed by atoms with Crippen molar-refractivity contribution in [2.45, 2.75) is 12.6 Å². The van der Waals surface area contributed by atoms with E-state index in [4.69, 9.17) is 23.7 Å². The first kappa shape index (κ1) is 25.1. The van der Waals surface area contributed by atoms with Gasteiger partial charge in [-0.2, -0.15) is 0 Å². The van der Waals surface area contributed by atoms with E-state index >= 15 is 0 Å². The predicted molar refractivity (Wildman–Crippen MR) is 127 cm³/mol. The molecule has 1 N–H and O–H groups in total. The zero-order chi connectivity index (χ0) is 23.5. The summed E-state index contributed by atoms with van der Waals surface area (Å²) in [4.78, 5) is 4.38. The van der Waals surface area contributed by atoms with Gasteiger partial charge in [0.15, 0.2) is 11.5 Å². The molecule has 2 aromatic rings.